The van der Waals surface area contributed by atoms with Crippen LogP contribution in [0.3, 0.4) is 0 Å². The predicted octanol–water partition coefficient (Wildman–Crippen LogP) is 5.37. The van der Waals surface area contributed by atoms with Gasteiger partial charge in [0.05, 0.1) is 5.56 Å². The molecule has 0 heterocycles. The van der Waals surface area contributed by atoms with Crippen molar-refractivity contribution in [3.63, 3.8) is 0 Å². The molecule has 2 aromatic carbocycles. The number of halogens is 3. The molecule has 2 atom stereocenters. The van der Waals surface area contributed by atoms with Crippen molar-refractivity contribution < 1.29 is 18.0 Å². The van der Waals surface area contributed by atoms with E-state index in [-0.39, 0.29) is 17.7 Å². The summed E-state index contributed by atoms with van der Waals surface area (Å²) in [6.07, 6.45) is -3.67. The molecule has 1 aliphatic carbocycles. The van der Waals surface area contributed by atoms with Gasteiger partial charge in [0.15, 0.2) is 0 Å². The number of nitrogens with one attached hydrogen (secondary N) is 1. The van der Waals surface area contributed by atoms with Crippen molar-refractivity contribution in [1.82, 2.24) is 0 Å². The van der Waals surface area contributed by atoms with E-state index < -0.39 is 11.7 Å². The summed E-state index contributed by atoms with van der Waals surface area (Å²) in [7, 11) is 0. The van der Waals surface area contributed by atoms with Gasteiger partial charge < -0.3 is 5.32 Å². The third-order valence-corrected chi connectivity index (χ3v) is 4.72. The number of hydrogen-bond acceptors (Lipinski definition) is 1. The van der Waals surface area contributed by atoms with Gasteiger partial charge in [0.25, 0.3) is 0 Å². The van der Waals surface area contributed by atoms with Crippen LogP contribution in [0.1, 0.15) is 40.2 Å². The highest BCUT2D eigenvalue weighted by atomic mass is 19.4. The van der Waals surface area contributed by atoms with Crippen LogP contribution in [-0.4, -0.2) is 5.91 Å². The van der Waals surface area contributed by atoms with Gasteiger partial charge in [-0.3, -0.25) is 4.79 Å². The van der Waals surface area contributed by atoms with Crippen molar-refractivity contribution in [2.45, 2.75) is 39.3 Å². The molecule has 0 spiro atoms. The first-order valence-corrected chi connectivity index (χ1v) is 8.22. The number of hydrogen-bond donors (Lipinski definition) is 1. The van der Waals surface area contributed by atoms with Crippen molar-refractivity contribution in [3.8, 4) is 0 Å². The van der Waals surface area contributed by atoms with E-state index >= 15 is 0 Å². The van der Waals surface area contributed by atoms with E-state index in [2.05, 4.69) is 5.32 Å². The van der Waals surface area contributed by atoms with Crippen molar-refractivity contribution in [2.24, 2.45) is 5.92 Å². The summed E-state index contributed by atoms with van der Waals surface area (Å²) < 4.78 is 37.9. The Bertz CT molecular complexity index is 786. The van der Waals surface area contributed by atoms with E-state index in [1.807, 2.05) is 32.9 Å². The monoisotopic (exact) mass is 347 g/mol. The summed E-state index contributed by atoms with van der Waals surface area (Å²) in [4.78, 5) is 12.5. The van der Waals surface area contributed by atoms with Gasteiger partial charge in [0.2, 0.25) is 5.91 Å². The topological polar surface area (TPSA) is 29.1 Å². The van der Waals surface area contributed by atoms with Gasteiger partial charge in [-0.15, -0.1) is 0 Å². The molecular weight excluding hydrogens is 327 g/mol. The molecule has 25 heavy (non-hydrogen) atoms. The van der Waals surface area contributed by atoms with Gasteiger partial charge in [0.1, 0.15) is 0 Å². The SMILES string of the molecule is Cc1cc(C)c(NC(=O)C2CC2c2ccc(C(F)(F)F)cc2)c(C)c1. The molecule has 1 amide bonds. The van der Waals surface area contributed by atoms with Crippen LogP contribution in [0.4, 0.5) is 18.9 Å². The Morgan fingerprint density at radius 1 is 1.04 bits per heavy atom. The van der Waals surface area contributed by atoms with E-state index in [4.69, 9.17) is 0 Å². The molecule has 2 nitrogen and oxygen atoms in total. The fraction of sp³-hybridized carbons (Fsp3) is 0.350. The number of benzene rings is 2. The average Bonchev–Trinajstić information content (AvgIpc) is 3.30. The van der Waals surface area contributed by atoms with Gasteiger partial charge in [0, 0.05) is 11.6 Å². The molecule has 0 aliphatic heterocycles. The first-order chi connectivity index (χ1) is 11.7. The third kappa shape index (κ3) is 3.70. The molecule has 1 N–H and O–H groups in total. The standard InChI is InChI=1S/C20H20F3NO/c1-11-8-12(2)18(13(3)9-11)24-19(25)17-10-16(17)14-4-6-15(7-5-14)20(21,22)23/h4-9,16-17H,10H2,1-3H3,(H,24,25). The molecule has 2 aromatic rings. The number of rotatable bonds is 3. The number of amides is 1. The van der Waals surface area contributed by atoms with Crippen LogP contribution in [0.25, 0.3) is 0 Å². The molecule has 3 rings (SSSR count). The lowest BCUT2D eigenvalue weighted by Gasteiger charge is -2.13. The van der Waals surface area contributed by atoms with Crippen molar-refractivity contribution in [3.05, 3.63) is 64.2 Å². The Labute approximate surface area is 145 Å². The second-order valence-electron chi connectivity index (χ2n) is 6.83. The van der Waals surface area contributed by atoms with Crippen molar-refractivity contribution in [1.29, 1.82) is 0 Å². The van der Waals surface area contributed by atoms with Gasteiger partial charge >= 0.3 is 6.18 Å². The van der Waals surface area contributed by atoms with Crippen LogP contribution in [0.15, 0.2) is 36.4 Å². The van der Waals surface area contributed by atoms with Gasteiger partial charge in [-0.2, -0.15) is 13.2 Å². The average molecular weight is 347 g/mol. The highest BCUT2D eigenvalue weighted by Gasteiger charge is 2.44. The Balaban J connectivity index is 1.69. The summed E-state index contributed by atoms with van der Waals surface area (Å²) >= 11 is 0. The Morgan fingerprint density at radius 2 is 1.60 bits per heavy atom. The molecule has 0 radical (unpaired) electrons. The number of anilines is 1. The first-order valence-electron chi connectivity index (χ1n) is 8.22. The maximum atomic E-state index is 12.6. The molecule has 1 fully saturated rings. The number of alkyl halides is 3. The number of carbonyl (C=O) groups excluding carboxylic acids is 1. The van der Waals surface area contributed by atoms with Crippen molar-refractivity contribution in [2.75, 3.05) is 5.32 Å². The lowest BCUT2D eigenvalue weighted by molar-refractivity contribution is -0.137. The van der Waals surface area contributed by atoms with Crippen LogP contribution in [0.2, 0.25) is 0 Å². The van der Waals surface area contributed by atoms with E-state index in [1.54, 1.807) is 0 Å². The molecule has 0 bridgehead atoms. The third-order valence-electron chi connectivity index (χ3n) is 4.72. The lowest BCUT2D eigenvalue weighted by atomic mass is 10.0. The quantitative estimate of drug-likeness (QED) is 0.794. The molecule has 132 valence electrons. The van der Waals surface area contributed by atoms with E-state index in [1.165, 1.54) is 12.1 Å². The Hall–Kier alpha value is -2.30. The summed E-state index contributed by atoms with van der Waals surface area (Å²) in [5.41, 5.74) is 4.11. The largest absolute Gasteiger partial charge is 0.416 e. The number of aryl methyl sites for hydroxylation is 3. The Morgan fingerprint density at radius 3 is 2.12 bits per heavy atom. The first kappa shape index (κ1) is 17.5. The van der Waals surface area contributed by atoms with Gasteiger partial charge in [-0.1, -0.05) is 29.8 Å². The zero-order valence-corrected chi connectivity index (χ0v) is 14.4. The minimum Gasteiger partial charge on any atom is -0.325 e. The van der Waals surface area contributed by atoms with Crippen LogP contribution in [-0.2, 0) is 11.0 Å². The van der Waals surface area contributed by atoms with Crippen LogP contribution < -0.4 is 5.32 Å². The zero-order valence-electron chi connectivity index (χ0n) is 14.4. The highest BCUT2D eigenvalue weighted by Crippen LogP contribution is 2.48. The molecule has 1 aliphatic rings. The maximum Gasteiger partial charge on any atom is 0.416 e. The molecular formula is C20H20F3NO. The second kappa shape index (κ2) is 6.21. The predicted molar refractivity (Wildman–Crippen MR) is 91.6 cm³/mol. The molecule has 5 heteroatoms. The fourth-order valence-corrected chi connectivity index (χ4v) is 3.37. The molecule has 2 unspecified atom stereocenters. The zero-order chi connectivity index (χ0) is 18.4. The fourth-order valence-electron chi connectivity index (χ4n) is 3.37. The Kier molecular flexibility index (Phi) is 4.35. The van der Waals surface area contributed by atoms with Gasteiger partial charge in [-0.25, -0.2) is 0 Å². The minimum absolute atomic E-state index is 0.00616. The van der Waals surface area contributed by atoms with Crippen LogP contribution in [0.5, 0.6) is 0 Å². The summed E-state index contributed by atoms with van der Waals surface area (Å²) in [5, 5.41) is 2.98. The minimum atomic E-state index is -4.33. The van der Waals surface area contributed by atoms with E-state index in [9.17, 15) is 18.0 Å². The summed E-state index contributed by atoms with van der Waals surface area (Å²) in [6.45, 7) is 5.92. The van der Waals surface area contributed by atoms with E-state index in [0.29, 0.717) is 6.42 Å². The molecule has 1 saturated carbocycles. The number of carbonyl (C=O) groups is 1. The van der Waals surface area contributed by atoms with Crippen LogP contribution in [0, 0.1) is 26.7 Å². The van der Waals surface area contributed by atoms with Crippen LogP contribution >= 0.6 is 0 Å². The van der Waals surface area contributed by atoms with Gasteiger partial charge in [-0.05, 0) is 61.9 Å². The lowest BCUT2D eigenvalue weighted by Crippen LogP contribution is -2.16. The summed E-state index contributed by atoms with van der Waals surface area (Å²) in [6, 6.07) is 9.14. The summed E-state index contributed by atoms with van der Waals surface area (Å²) in [5.74, 6) is -0.259. The van der Waals surface area contributed by atoms with E-state index in [0.717, 1.165) is 40.1 Å². The normalized spacial score (nSPS) is 19.6. The highest BCUT2D eigenvalue weighted by molar-refractivity contribution is 5.96. The van der Waals surface area contributed by atoms with Crippen molar-refractivity contribution >= 4 is 11.6 Å². The second-order valence-corrected chi connectivity index (χ2v) is 6.83. The smallest absolute Gasteiger partial charge is 0.325 e. The maximum absolute atomic E-state index is 12.6. The molecule has 0 aromatic heterocycles. The molecule has 0 saturated heterocycles.